The largest absolute Gasteiger partial charge is 0.214 e. The molecule has 20 heavy (non-hydrogen) atoms. The maximum Gasteiger partial charge on any atom is -0.172 e. The zero-order valence-electron chi connectivity index (χ0n) is 12.3. The van der Waals surface area contributed by atoms with Crippen molar-refractivity contribution in [1.29, 1.82) is 0 Å². The predicted octanol–water partition coefficient (Wildman–Crippen LogP) is 3.47. The third-order valence-corrected chi connectivity index (χ3v) is 3.07. The van der Waals surface area contributed by atoms with Gasteiger partial charge >= 0.3 is 69.2 Å². The van der Waals surface area contributed by atoms with Gasteiger partial charge in [0.25, 0.3) is 0 Å². The van der Waals surface area contributed by atoms with Crippen LogP contribution in [0.1, 0.15) is 20.8 Å². The van der Waals surface area contributed by atoms with E-state index in [9.17, 15) is 0 Å². The Labute approximate surface area is 130 Å². The van der Waals surface area contributed by atoms with Crippen LogP contribution in [-0.4, -0.2) is 17.4 Å². The summed E-state index contributed by atoms with van der Waals surface area (Å²) in [5, 5.41) is 3.06. The molecule has 0 aliphatic carbocycles. The molecule has 2 aromatic rings. The van der Waals surface area contributed by atoms with Gasteiger partial charge in [0.2, 0.25) is 0 Å². The van der Waals surface area contributed by atoms with E-state index in [2.05, 4.69) is 41.7 Å². The van der Waals surface area contributed by atoms with Gasteiger partial charge in [-0.15, -0.1) is 0 Å². The van der Waals surface area contributed by atoms with Crippen molar-refractivity contribution in [3.63, 3.8) is 0 Å². The van der Waals surface area contributed by atoms with Crippen LogP contribution < -0.4 is 5.32 Å². The first-order valence-electron chi connectivity index (χ1n) is 6.75. The fraction of sp³-hybridized carbons (Fsp3) is 0.353. The first-order valence-corrected chi connectivity index (χ1v) is 7.30. The molecule has 0 spiro atoms. The first-order chi connectivity index (χ1) is 9.50. The standard InChI is InChI=1S/C7H13NO.2C5H5.Fe/c1-7(2,3)6-4-8-5-9-6;2*1-2-4-5-3-1;/h6,8H,4H2,1-3H3;2*1-5H;/q;2*-1;+2/t6-;;;/m0.../s1. The van der Waals surface area contributed by atoms with Crippen molar-refractivity contribution in [1.82, 2.24) is 5.32 Å². The minimum Gasteiger partial charge on any atom is -0.214 e. The number of ether oxygens (including phenoxy) is 1. The third-order valence-electron chi connectivity index (χ3n) is 2.74. The summed E-state index contributed by atoms with van der Waals surface area (Å²) in [4.78, 5) is 0. The van der Waals surface area contributed by atoms with Crippen molar-refractivity contribution in [2.24, 2.45) is 5.41 Å². The summed E-state index contributed by atoms with van der Waals surface area (Å²) in [5.74, 6) is 0. The molecular formula is C17H23FeNO. The molecule has 110 valence electrons. The summed E-state index contributed by atoms with van der Waals surface area (Å²) in [5.41, 5.74) is 0.215. The molecule has 1 N–H and O–H groups in total. The number of rotatable bonds is 0. The molecule has 0 bridgehead atoms. The van der Waals surface area contributed by atoms with Gasteiger partial charge in [0.05, 0.1) is 0 Å². The van der Waals surface area contributed by atoms with Gasteiger partial charge in [-0.3, -0.25) is 0 Å². The Bertz CT molecular complexity index is 379. The van der Waals surface area contributed by atoms with E-state index in [-0.39, 0.29) is 11.5 Å². The molecule has 1 heterocycles. The molecule has 0 aromatic heterocycles. The van der Waals surface area contributed by atoms with Crippen molar-refractivity contribution >= 4 is 4.73 Å². The van der Waals surface area contributed by atoms with Crippen LogP contribution in [0.2, 0.25) is 0 Å². The number of nitrogens with one attached hydrogen (secondary N) is 1. The Morgan fingerprint density at radius 1 is 1.05 bits per heavy atom. The van der Waals surface area contributed by atoms with Crippen molar-refractivity contribution in [2.45, 2.75) is 26.9 Å². The number of hydrogen-bond donors (Lipinski definition) is 1. The molecule has 2 nitrogen and oxygen atoms in total. The summed E-state index contributed by atoms with van der Waals surface area (Å²) in [7, 11) is 0. The van der Waals surface area contributed by atoms with E-state index in [1.165, 1.54) is 0 Å². The smallest absolute Gasteiger partial charge is 0.172 e. The molecule has 1 fully saturated rings. The Balaban J connectivity index is 0.000000167. The molecule has 0 unspecified atom stereocenters. The molecule has 1 saturated heterocycles. The van der Waals surface area contributed by atoms with E-state index >= 15 is 0 Å². The molecule has 3 rings (SSSR count). The van der Waals surface area contributed by atoms with Crippen molar-refractivity contribution in [2.75, 3.05) is 6.54 Å². The minimum absolute atomic E-state index is 0.215. The second kappa shape index (κ2) is 9.04. The maximum atomic E-state index is 5.42. The first kappa shape index (κ1) is 17.1. The van der Waals surface area contributed by atoms with Crippen LogP contribution >= 0.6 is 0 Å². The summed E-state index contributed by atoms with van der Waals surface area (Å²) in [6.07, 6.45) is 0.278. The molecule has 3 heteroatoms. The second-order valence-corrected chi connectivity index (χ2v) is 6.04. The second-order valence-electron chi connectivity index (χ2n) is 5.54. The van der Waals surface area contributed by atoms with E-state index in [4.69, 9.17) is 4.74 Å². The number of hydrogen-bond acceptors (Lipinski definition) is 2. The van der Waals surface area contributed by atoms with Gasteiger partial charge in [0.15, 0.2) is 0 Å². The normalized spacial score (nSPS) is 17.8. The van der Waals surface area contributed by atoms with Crippen LogP contribution in [0, 0.1) is 5.41 Å². The third kappa shape index (κ3) is 7.56. The molecule has 2 aromatic carbocycles. The van der Waals surface area contributed by atoms with Crippen LogP contribution in [0.15, 0.2) is 60.7 Å². The van der Waals surface area contributed by atoms with Crippen molar-refractivity contribution < 1.29 is 20.3 Å². The zero-order valence-corrected chi connectivity index (χ0v) is 13.4. The van der Waals surface area contributed by atoms with E-state index < -0.39 is 0 Å². The van der Waals surface area contributed by atoms with Gasteiger partial charge in [-0.25, -0.2) is 24.3 Å². The minimum atomic E-state index is 0.215. The fourth-order valence-electron chi connectivity index (χ4n) is 1.50. The SMILES string of the molecule is CC(C)(C)[C@@H]1CN[C](=[Fe+2])O1.c1cc[cH-]c1.c1cc[cH-]c1. The van der Waals surface area contributed by atoms with Crippen molar-refractivity contribution in [3.8, 4) is 0 Å². The summed E-state index contributed by atoms with van der Waals surface area (Å²) in [6, 6.07) is 20.0. The van der Waals surface area contributed by atoms with Gasteiger partial charge < -0.3 is 0 Å². The van der Waals surface area contributed by atoms with Gasteiger partial charge in [-0.1, -0.05) is 0 Å². The van der Waals surface area contributed by atoms with E-state index in [1.807, 2.05) is 60.7 Å². The summed E-state index contributed by atoms with van der Waals surface area (Å²) >= 11 is 3.68. The topological polar surface area (TPSA) is 21.3 Å². The van der Waals surface area contributed by atoms with Crippen LogP contribution in [0.5, 0.6) is 0 Å². The Hall–Kier alpha value is -0.991. The Morgan fingerprint density at radius 2 is 1.50 bits per heavy atom. The Kier molecular flexibility index (Phi) is 7.71. The zero-order chi connectivity index (χ0) is 14.8. The fourth-order valence-corrected chi connectivity index (χ4v) is 1.77. The van der Waals surface area contributed by atoms with Crippen molar-refractivity contribution in [3.05, 3.63) is 60.7 Å². The summed E-state index contributed by atoms with van der Waals surface area (Å²) in [6.45, 7) is 7.39. The average Bonchev–Trinajstić information content (AvgIpc) is 3.15. The predicted molar refractivity (Wildman–Crippen MR) is 81.4 cm³/mol. The van der Waals surface area contributed by atoms with Gasteiger partial charge in [-0.2, -0.15) is 36.4 Å². The van der Waals surface area contributed by atoms with Gasteiger partial charge in [0, 0.05) is 0 Å². The quantitative estimate of drug-likeness (QED) is 0.594. The van der Waals surface area contributed by atoms with E-state index in [1.54, 1.807) is 0 Å². The van der Waals surface area contributed by atoms with Crippen LogP contribution in [0.4, 0.5) is 0 Å². The average molecular weight is 313 g/mol. The van der Waals surface area contributed by atoms with Gasteiger partial charge in [-0.05, 0) is 0 Å². The monoisotopic (exact) mass is 313 g/mol. The molecule has 1 atom stereocenters. The molecule has 1 aliphatic rings. The molecule has 0 radical (unpaired) electrons. The summed E-state index contributed by atoms with van der Waals surface area (Å²) < 4.78 is 6.13. The molecule has 0 amide bonds. The van der Waals surface area contributed by atoms with Crippen LogP contribution in [0.25, 0.3) is 0 Å². The molecule has 1 aliphatic heterocycles. The van der Waals surface area contributed by atoms with Gasteiger partial charge in [0.1, 0.15) is 0 Å². The maximum absolute atomic E-state index is 5.42. The Morgan fingerprint density at radius 3 is 1.65 bits per heavy atom. The van der Waals surface area contributed by atoms with Crippen LogP contribution in [0.3, 0.4) is 0 Å². The molecule has 0 saturated carbocycles. The molecular weight excluding hydrogens is 290 g/mol. The van der Waals surface area contributed by atoms with Crippen LogP contribution in [-0.2, 0) is 20.3 Å². The van der Waals surface area contributed by atoms with E-state index in [0.29, 0.717) is 4.73 Å². The van der Waals surface area contributed by atoms with E-state index in [0.717, 1.165) is 6.54 Å².